The lowest BCUT2D eigenvalue weighted by molar-refractivity contribution is 0.0696. The van der Waals surface area contributed by atoms with E-state index in [-0.39, 0.29) is 5.75 Å². The quantitative estimate of drug-likeness (QED) is 0.790. The Hall–Kier alpha value is -2.33. The highest BCUT2D eigenvalue weighted by molar-refractivity contribution is 5.89. The smallest absolute Gasteiger partial charge is 0.335 e. The number of rotatable bonds is 5. The highest BCUT2D eigenvalue weighted by Crippen LogP contribution is 2.16. The molecule has 0 atom stereocenters. The molecule has 0 aromatic heterocycles. The summed E-state index contributed by atoms with van der Waals surface area (Å²) in [6.07, 6.45) is 0. The summed E-state index contributed by atoms with van der Waals surface area (Å²) in [6, 6.07) is 10.7. The fraction of sp³-hybridized carbons (Fsp3) is 0.235. The molecule has 0 spiro atoms. The van der Waals surface area contributed by atoms with Gasteiger partial charge in [0.2, 0.25) is 0 Å². The van der Waals surface area contributed by atoms with Gasteiger partial charge in [-0.15, -0.1) is 0 Å². The summed E-state index contributed by atoms with van der Waals surface area (Å²) < 4.78 is 0. The summed E-state index contributed by atoms with van der Waals surface area (Å²) in [6.45, 7) is 5.13. The lowest BCUT2D eigenvalue weighted by Gasteiger charge is -2.09. The van der Waals surface area contributed by atoms with Crippen molar-refractivity contribution < 1.29 is 15.0 Å². The number of phenols is 1. The Labute approximate surface area is 124 Å². The minimum Gasteiger partial charge on any atom is -0.508 e. The van der Waals surface area contributed by atoms with Crippen molar-refractivity contribution in [2.24, 2.45) is 0 Å². The number of hydrogen-bond acceptors (Lipinski definition) is 3. The molecule has 2 rings (SSSR count). The average molecular weight is 285 g/mol. The maximum Gasteiger partial charge on any atom is 0.335 e. The van der Waals surface area contributed by atoms with E-state index in [1.165, 1.54) is 0 Å². The number of carboxylic acids is 1. The standard InChI is InChI=1S/C17H19NO3/c1-11-8-15(19)5-4-14(11)10-18-9-13-3-6-16(17(20)21)12(2)7-13/h3-8,18-19H,9-10H2,1-2H3,(H,20,21). The molecule has 0 aliphatic heterocycles. The van der Waals surface area contributed by atoms with Crippen molar-refractivity contribution in [1.82, 2.24) is 5.32 Å². The van der Waals surface area contributed by atoms with Crippen LogP contribution in [-0.2, 0) is 13.1 Å². The van der Waals surface area contributed by atoms with Crippen molar-refractivity contribution in [1.29, 1.82) is 0 Å². The molecule has 0 unspecified atom stereocenters. The van der Waals surface area contributed by atoms with Gasteiger partial charge in [0.1, 0.15) is 5.75 Å². The van der Waals surface area contributed by atoms with Crippen molar-refractivity contribution in [3.8, 4) is 5.75 Å². The second-order valence-corrected chi connectivity index (χ2v) is 5.17. The molecule has 0 amide bonds. The highest BCUT2D eigenvalue weighted by Gasteiger charge is 2.07. The predicted octanol–water partition coefficient (Wildman–Crippen LogP) is 3.00. The molecular formula is C17H19NO3. The van der Waals surface area contributed by atoms with E-state index in [1.807, 2.05) is 25.1 Å². The van der Waals surface area contributed by atoms with Crippen LogP contribution in [0.1, 0.15) is 32.6 Å². The zero-order chi connectivity index (χ0) is 15.4. The number of aryl methyl sites for hydroxylation is 2. The van der Waals surface area contributed by atoms with E-state index in [0.717, 1.165) is 22.3 Å². The number of nitrogens with one attached hydrogen (secondary N) is 1. The number of carboxylic acid groups (broad SMARTS) is 1. The highest BCUT2D eigenvalue weighted by atomic mass is 16.4. The number of aromatic carboxylic acids is 1. The lowest BCUT2D eigenvalue weighted by atomic mass is 10.0. The zero-order valence-electron chi connectivity index (χ0n) is 12.2. The van der Waals surface area contributed by atoms with E-state index in [2.05, 4.69) is 5.32 Å². The van der Waals surface area contributed by atoms with Crippen LogP contribution in [0.25, 0.3) is 0 Å². The van der Waals surface area contributed by atoms with Crippen LogP contribution in [-0.4, -0.2) is 16.2 Å². The minimum atomic E-state index is -0.897. The van der Waals surface area contributed by atoms with Crippen LogP contribution in [0.4, 0.5) is 0 Å². The topological polar surface area (TPSA) is 69.6 Å². The van der Waals surface area contributed by atoms with Crippen LogP contribution in [0.2, 0.25) is 0 Å². The first kappa shape index (κ1) is 15.1. The van der Waals surface area contributed by atoms with Crippen molar-refractivity contribution in [2.45, 2.75) is 26.9 Å². The molecule has 0 aliphatic carbocycles. The van der Waals surface area contributed by atoms with Crippen LogP contribution in [0.15, 0.2) is 36.4 Å². The molecule has 21 heavy (non-hydrogen) atoms. The first-order valence-corrected chi connectivity index (χ1v) is 6.79. The molecule has 110 valence electrons. The maximum atomic E-state index is 11.0. The Morgan fingerprint density at radius 2 is 1.81 bits per heavy atom. The monoisotopic (exact) mass is 285 g/mol. The molecule has 0 bridgehead atoms. The van der Waals surface area contributed by atoms with E-state index in [1.54, 1.807) is 25.1 Å². The van der Waals surface area contributed by atoms with Crippen molar-refractivity contribution in [2.75, 3.05) is 0 Å². The summed E-state index contributed by atoms with van der Waals surface area (Å²) in [5.74, 6) is -0.622. The molecule has 3 N–H and O–H groups in total. The third-order valence-corrected chi connectivity index (χ3v) is 3.49. The van der Waals surface area contributed by atoms with Crippen molar-refractivity contribution in [3.05, 3.63) is 64.2 Å². The lowest BCUT2D eigenvalue weighted by Crippen LogP contribution is -2.14. The number of aromatic hydroxyl groups is 1. The Kier molecular flexibility index (Phi) is 4.60. The summed E-state index contributed by atoms with van der Waals surface area (Å²) >= 11 is 0. The minimum absolute atomic E-state index is 0.274. The van der Waals surface area contributed by atoms with Gasteiger partial charge in [0, 0.05) is 13.1 Å². The van der Waals surface area contributed by atoms with Gasteiger partial charge in [-0.1, -0.05) is 18.2 Å². The van der Waals surface area contributed by atoms with Crippen LogP contribution in [0.3, 0.4) is 0 Å². The second kappa shape index (κ2) is 6.41. The van der Waals surface area contributed by atoms with Gasteiger partial charge >= 0.3 is 5.97 Å². The van der Waals surface area contributed by atoms with E-state index in [0.29, 0.717) is 18.7 Å². The Morgan fingerprint density at radius 1 is 1.05 bits per heavy atom. The SMILES string of the molecule is Cc1cc(O)ccc1CNCc1ccc(C(=O)O)c(C)c1. The van der Waals surface area contributed by atoms with Crippen LogP contribution in [0.5, 0.6) is 5.75 Å². The first-order chi connectivity index (χ1) is 9.97. The summed E-state index contributed by atoms with van der Waals surface area (Å²) in [5.41, 5.74) is 4.33. The number of hydrogen-bond donors (Lipinski definition) is 3. The normalized spacial score (nSPS) is 10.6. The van der Waals surface area contributed by atoms with Gasteiger partial charge in [-0.05, 0) is 54.3 Å². The van der Waals surface area contributed by atoms with Gasteiger partial charge in [-0.3, -0.25) is 0 Å². The molecule has 2 aromatic carbocycles. The third-order valence-electron chi connectivity index (χ3n) is 3.49. The Morgan fingerprint density at radius 3 is 2.43 bits per heavy atom. The zero-order valence-corrected chi connectivity index (χ0v) is 12.2. The van der Waals surface area contributed by atoms with Gasteiger partial charge in [0.05, 0.1) is 5.56 Å². The molecule has 0 aliphatic rings. The fourth-order valence-corrected chi connectivity index (χ4v) is 2.30. The molecule has 0 heterocycles. The second-order valence-electron chi connectivity index (χ2n) is 5.17. The van der Waals surface area contributed by atoms with Crippen molar-refractivity contribution >= 4 is 5.97 Å². The molecule has 4 heteroatoms. The third kappa shape index (κ3) is 3.83. The maximum absolute atomic E-state index is 11.0. The van der Waals surface area contributed by atoms with Gasteiger partial charge in [-0.2, -0.15) is 0 Å². The average Bonchev–Trinajstić information content (AvgIpc) is 2.41. The molecular weight excluding hydrogens is 266 g/mol. The van der Waals surface area contributed by atoms with Gasteiger partial charge in [-0.25, -0.2) is 4.79 Å². The molecule has 0 saturated heterocycles. The summed E-state index contributed by atoms with van der Waals surface area (Å²) in [5, 5.41) is 21.7. The summed E-state index contributed by atoms with van der Waals surface area (Å²) in [7, 11) is 0. The largest absolute Gasteiger partial charge is 0.508 e. The molecule has 0 saturated carbocycles. The number of phenolic OH excluding ortho intramolecular Hbond substituents is 1. The van der Waals surface area contributed by atoms with Crippen LogP contribution < -0.4 is 5.32 Å². The van der Waals surface area contributed by atoms with E-state index >= 15 is 0 Å². The van der Waals surface area contributed by atoms with Crippen LogP contribution >= 0.6 is 0 Å². The molecule has 0 radical (unpaired) electrons. The number of carbonyl (C=O) groups is 1. The predicted molar refractivity (Wildman–Crippen MR) is 81.5 cm³/mol. The first-order valence-electron chi connectivity index (χ1n) is 6.79. The summed E-state index contributed by atoms with van der Waals surface area (Å²) in [4.78, 5) is 11.0. The van der Waals surface area contributed by atoms with E-state index < -0.39 is 5.97 Å². The van der Waals surface area contributed by atoms with Gasteiger partial charge in [0.25, 0.3) is 0 Å². The van der Waals surface area contributed by atoms with Crippen molar-refractivity contribution in [3.63, 3.8) is 0 Å². The van der Waals surface area contributed by atoms with E-state index in [4.69, 9.17) is 5.11 Å². The Bertz CT molecular complexity index is 665. The van der Waals surface area contributed by atoms with E-state index in [9.17, 15) is 9.90 Å². The Balaban J connectivity index is 1.97. The van der Waals surface area contributed by atoms with Gasteiger partial charge < -0.3 is 15.5 Å². The molecule has 0 fully saturated rings. The number of benzene rings is 2. The fourth-order valence-electron chi connectivity index (χ4n) is 2.30. The molecule has 4 nitrogen and oxygen atoms in total. The van der Waals surface area contributed by atoms with Gasteiger partial charge in [0.15, 0.2) is 0 Å². The molecule has 2 aromatic rings. The van der Waals surface area contributed by atoms with Crippen LogP contribution in [0, 0.1) is 13.8 Å².